The predicted molar refractivity (Wildman–Crippen MR) is 83.6 cm³/mol. The lowest BCUT2D eigenvalue weighted by Gasteiger charge is -2.28. The van der Waals surface area contributed by atoms with Gasteiger partial charge in [0.25, 0.3) is 0 Å². The number of benzene rings is 1. The maximum Gasteiger partial charge on any atom is 0.209 e. The molecular formula is C17H15N3O2. The molecule has 1 aromatic carbocycles. The number of fused-ring (bicyclic) bond motifs is 3. The van der Waals surface area contributed by atoms with E-state index in [2.05, 4.69) is 10.3 Å². The Kier molecular flexibility index (Phi) is 2.69. The Bertz CT molecular complexity index is 903. The van der Waals surface area contributed by atoms with Crippen molar-refractivity contribution in [2.75, 3.05) is 5.32 Å². The number of carbonyl (C=O) groups is 1. The molecule has 0 spiro atoms. The van der Waals surface area contributed by atoms with Crippen LogP contribution in [0.3, 0.4) is 0 Å². The Labute approximate surface area is 127 Å². The van der Waals surface area contributed by atoms with Gasteiger partial charge in [0.2, 0.25) is 5.95 Å². The van der Waals surface area contributed by atoms with E-state index in [1.54, 1.807) is 13.2 Å². The third-order valence-corrected chi connectivity index (χ3v) is 4.02. The highest BCUT2D eigenvalue weighted by Gasteiger charge is 2.33. The molecule has 2 aromatic heterocycles. The minimum absolute atomic E-state index is 0.0230. The minimum Gasteiger partial charge on any atom is -0.467 e. The first kappa shape index (κ1) is 12.9. The zero-order valence-corrected chi connectivity index (χ0v) is 12.3. The summed E-state index contributed by atoms with van der Waals surface area (Å²) in [5.74, 6) is 1.48. The first-order chi connectivity index (χ1) is 10.7. The summed E-state index contributed by atoms with van der Waals surface area (Å²) in [5.41, 5.74) is 3.37. The molecule has 1 atom stereocenters. The third-order valence-electron chi connectivity index (χ3n) is 4.02. The van der Waals surface area contributed by atoms with E-state index in [1.165, 1.54) is 0 Å². The summed E-state index contributed by atoms with van der Waals surface area (Å²) in [6.07, 6.45) is 1.63. The van der Waals surface area contributed by atoms with Gasteiger partial charge in [-0.05, 0) is 38.1 Å². The zero-order valence-electron chi connectivity index (χ0n) is 12.3. The van der Waals surface area contributed by atoms with E-state index < -0.39 is 0 Å². The summed E-state index contributed by atoms with van der Waals surface area (Å²) < 4.78 is 7.64. The standard InChI is InChI=1S/C17H15N3O2/c1-10-15(11(2)21)16(14-8-5-9-22-14)20-13-7-4-3-6-12(13)19-17(20)18-10/h3-9,16H,1-2H3,(H,18,19). The summed E-state index contributed by atoms with van der Waals surface area (Å²) >= 11 is 0. The number of aromatic nitrogens is 2. The molecule has 0 saturated carbocycles. The Hall–Kier alpha value is -2.82. The predicted octanol–water partition coefficient (Wildman–Crippen LogP) is 3.51. The molecule has 5 nitrogen and oxygen atoms in total. The number of imidazole rings is 1. The highest BCUT2D eigenvalue weighted by Crippen LogP contribution is 2.39. The fourth-order valence-electron chi connectivity index (χ4n) is 3.14. The van der Waals surface area contributed by atoms with Crippen LogP contribution >= 0.6 is 0 Å². The summed E-state index contributed by atoms with van der Waals surface area (Å²) in [6, 6.07) is 11.3. The van der Waals surface area contributed by atoms with E-state index in [4.69, 9.17) is 4.42 Å². The molecule has 110 valence electrons. The molecule has 22 heavy (non-hydrogen) atoms. The van der Waals surface area contributed by atoms with Crippen molar-refractivity contribution in [3.8, 4) is 0 Å². The molecule has 4 rings (SSSR count). The maximum absolute atomic E-state index is 12.2. The van der Waals surface area contributed by atoms with Crippen molar-refractivity contribution < 1.29 is 9.21 Å². The smallest absolute Gasteiger partial charge is 0.209 e. The number of nitrogens with zero attached hydrogens (tertiary/aromatic N) is 2. The molecule has 0 aliphatic carbocycles. The molecule has 0 amide bonds. The second-order valence-electron chi connectivity index (χ2n) is 5.43. The van der Waals surface area contributed by atoms with Crippen LogP contribution in [0.15, 0.2) is 58.3 Å². The average molecular weight is 293 g/mol. The van der Waals surface area contributed by atoms with Crippen LogP contribution in [-0.4, -0.2) is 15.3 Å². The SMILES string of the molecule is CC(=O)C1=C(C)Nc2nc3ccccc3n2C1c1ccco1. The van der Waals surface area contributed by atoms with E-state index in [9.17, 15) is 4.79 Å². The molecule has 0 fully saturated rings. The number of para-hydroxylation sites is 2. The van der Waals surface area contributed by atoms with Crippen LogP contribution in [0.2, 0.25) is 0 Å². The number of allylic oxidation sites excluding steroid dienone is 2. The molecule has 1 N–H and O–H groups in total. The normalized spacial score (nSPS) is 17.5. The second kappa shape index (κ2) is 4.59. The Morgan fingerprint density at radius 3 is 2.82 bits per heavy atom. The van der Waals surface area contributed by atoms with Crippen LogP contribution in [0.1, 0.15) is 25.6 Å². The van der Waals surface area contributed by atoms with Gasteiger partial charge in [-0.1, -0.05) is 12.1 Å². The summed E-state index contributed by atoms with van der Waals surface area (Å²) in [4.78, 5) is 16.8. The van der Waals surface area contributed by atoms with Crippen LogP contribution in [-0.2, 0) is 4.79 Å². The van der Waals surface area contributed by atoms with Crippen molar-refractivity contribution in [3.63, 3.8) is 0 Å². The highest BCUT2D eigenvalue weighted by molar-refractivity contribution is 5.97. The Balaban J connectivity index is 2.05. The van der Waals surface area contributed by atoms with Gasteiger partial charge in [-0.25, -0.2) is 4.98 Å². The van der Waals surface area contributed by atoms with Crippen molar-refractivity contribution >= 4 is 22.8 Å². The Morgan fingerprint density at radius 2 is 2.09 bits per heavy atom. The van der Waals surface area contributed by atoms with E-state index in [0.29, 0.717) is 5.57 Å². The monoisotopic (exact) mass is 293 g/mol. The number of ketones is 1. The molecule has 0 radical (unpaired) electrons. The summed E-state index contributed by atoms with van der Waals surface area (Å²) in [7, 11) is 0. The van der Waals surface area contributed by atoms with E-state index in [-0.39, 0.29) is 11.8 Å². The average Bonchev–Trinajstić information content (AvgIpc) is 3.12. The number of hydrogen-bond acceptors (Lipinski definition) is 4. The van der Waals surface area contributed by atoms with Crippen molar-refractivity contribution in [1.29, 1.82) is 0 Å². The molecule has 3 heterocycles. The number of furan rings is 1. The Morgan fingerprint density at radius 1 is 1.27 bits per heavy atom. The number of hydrogen-bond donors (Lipinski definition) is 1. The van der Waals surface area contributed by atoms with Gasteiger partial charge in [0.05, 0.1) is 17.3 Å². The molecule has 0 saturated heterocycles. The van der Waals surface area contributed by atoms with Crippen LogP contribution in [0.4, 0.5) is 5.95 Å². The minimum atomic E-state index is -0.295. The van der Waals surface area contributed by atoms with Gasteiger partial charge in [0.15, 0.2) is 5.78 Å². The van der Waals surface area contributed by atoms with Crippen molar-refractivity contribution in [3.05, 3.63) is 59.7 Å². The van der Waals surface area contributed by atoms with Crippen LogP contribution < -0.4 is 5.32 Å². The van der Waals surface area contributed by atoms with Gasteiger partial charge < -0.3 is 9.73 Å². The zero-order chi connectivity index (χ0) is 15.3. The molecule has 1 unspecified atom stereocenters. The number of anilines is 1. The van der Waals surface area contributed by atoms with Gasteiger partial charge in [-0.15, -0.1) is 0 Å². The first-order valence-electron chi connectivity index (χ1n) is 7.16. The van der Waals surface area contributed by atoms with Gasteiger partial charge in [-0.3, -0.25) is 9.36 Å². The second-order valence-corrected chi connectivity index (χ2v) is 5.43. The van der Waals surface area contributed by atoms with Crippen molar-refractivity contribution in [2.24, 2.45) is 0 Å². The van der Waals surface area contributed by atoms with Crippen molar-refractivity contribution in [1.82, 2.24) is 9.55 Å². The van der Waals surface area contributed by atoms with Gasteiger partial charge in [-0.2, -0.15) is 0 Å². The fraction of sp³-hybridized carbons (Fsp3) is 0.176. The molecule has 1 aliphatic heterocycles. The quantitative estimate of drug-likeness (QED) is 0.785. The van der Waals surface area contributed by atoms with Crippen LogP contribution in [0.5, 0.6) is 0 Å². The molecule has 1 aliphatic rings. The lowest BCUT2D eigenvalue weighted by Crippen LogP contribution is -2.26. The molecule has 0 bridgehead atoms. The largest absolute Gasteiger partial charge is 0.467 e. The summed E-state index contributed by atoms with van der Waals surface area (Å²) in [5, 5.41) is 3.24. The number of rotatable bonds is 2. The molecule has 3 aromatic rings. The number of carbonyl (C=O) groups excluding carboxylic acids is 1. The van der Waals surface area contributed by atoms with Gasteiger partial charge in [0.1, 0.15) is 11.8 Å². The number of Topliss-reactive ketones (excluding diaryl/α,β-unsaturated/α-hetero) is 1. The van der Waals surface area contributed by atoms with Crippen LogP contribution in [0.25, 0.3) is 11.0 Å². The van der Waals surface area contributed by atoms with Gasteiger partial charge in [0, 0.05) is 11.3 Å². The number of nitrogens with one attached hydrogen (secondary N) is 1. The van der Waals surface area contributed by atoms with E-state index in [1.807, 2.05) is 47.9 Å². The third kappa shape index (κ3) is 1.72. The van der Waals surface area contributed by atoms with E-state index >= 15 is 0 Å². The molecular weight excluding hydrogens is 278 g/mol. The molecule has 5 heteroatoms. The lowest BCUT2D eigenvalue weighted by molar-refractivity contribution is -0.114. The fourth-order valence-corrected chi connectivity index (χ4v) is 3.14. The lowest BCUT2D eigenvalue weighted by atomic mass is 9.97. The van der Waals surface area contributed by atoms with Crippen LogP contribution in [0, 0.1) is 0 Å². The summed E-state index contributed by atoms with van der Waals surface area (Å²) in [6.45, 7) is 3.48. The van der Waals surface area contributed by atoms with Gasteiger partial charge >= 0.3 is 0 Å². The highest BCUT2D eigenvalue weighted by atomic mass is 16.3. The maximum atomic E-state index is 12.2. The van der Waals surface area contributed by atoms with E-state index in [0.717, 1.165) is 28.4 Å². The topological polar surface area (TPSA) is 60.1 Å². The first-order valence-corrected chi connectivity index (χ1v) is 7.16. The van der Waals surface area contributed by atoms with Crippen molar-refractivity contribution in [2.45, 2.75) is 19.9 Å².